The van der Waals surface area contributed by atoms with Crippen molar-refractivity contribution in [3.05, 3.63) is 0 Å². The summed E-state index contributed by atoms with van der Waals surface area (Å²) in [5.41, 5.74) is 0. The van der Waals surface area contributed by atoms with Crippen LogP contribution in [0.25, 0.3) is 0 Å². The fourth-order valence-electron chi connectivity index (χ4n) is 2.10. The SMILES string of the molecule is C[C@@H]1CN(C(=O)NCCCS(C)(=O)=O)C[C@H]1C(=O)O. The Kier molecular flexibility index (Phi) is 5.16. The van der Waals surface area contributed by atoms with Gasteiger partial charge in [-0.2, -0.15) is 0 Å². The van der Waals surface area contributed by atoms with Crippen LogP contribution in [0.15, 0.2) is 0 Å². The average Bonchev–Trinajstić information content (AvgIpc) is 2.65. The zero-order chi connectivity index (χ0) is 14.6. The molecular weight excluding hydrogens is 272 g/mol. The molecule has 0 aromatic rings. The molecule has 1 aliphatic heterocycles. The summed E-state index contributed by atoms with van der Waals surface area (Å²) < 4.78 is 21.8. The van der Waals surface area contributed by atoms with Crippen LogP contribution in [-0.2, 0) is 14.6 Å². The van der Waals surface area contributed by atoms with Crippen LogP contribution >= 0.6 is 0 Å². The number of carbonyl (C=O) groups is 2. The highest BCUT2D eigenvalue weighted by Crippen LogP contribution is 2.22. The zero-order valence-corrected chi connectivity index (χ0v) is 11.9. The summed E-state index contributed by atoms with van der Waals surface area (Å²) in [6, 6.07) is -0.330. The van der Waals surface area contributed by atoms with Gasteiger partial charge in [0.25, 0.3) is 0 Å². The van der Waals surface area contributed by atoms with Gasteiger partial charge in [0, 0.05) is 25.9 Å². The molecule has 0 aromatic carbocycles. The highest BCUT2D eigenvalue weighted by atomic mass is 32.2. The van der Waals surface area contributed by atoms with Gasteiger partial charge in [0.1, 0.15) is 9.84 Å². The standard InChI is InChI=1S/C11H20N2O5S/c1-8-6-13(7-9(8)10(14)15)11(16)12-4-3-5-19(2,17)18/h8-9H,3-7H2,1-2H3,(H,12,16)(H,14,15)/t8-,9-/m1/s1. The minimum Gasteiger partial charge on any atom is -0.481 e. The third kappa shape index (κ3) is 5.06. The summed E-state index contributed by atoms with van der Waals surface area (Å²) in [6.07, 6.45) is 1.50. The van der Waals surface area contributed by atoms with Crippen LogP contribution in [0, 0.1) is 11.8 Å². The first-order valence-electron chi connectivity index (χ1n) is 6.14. The number of aliphatic carboxylic acids is 1. The molecule has 2 amide bonds. The van der Waals surface area contributed by atoms with E-state index in [0.717, 1.165) is 6.26 Å². The molecule has 2 N–H and O–H groups in total. The van der Waals surface area contributed by atoms with Gasteiger partial charge in [0.15, 0.2) is 0 Å². The van der Waals surface area contributed by atoms with Crippen LogP contribution in [0.1, 0.15) is 13.3 Å². The molecule has 19 heavy (non-hydrogen) atoms. The number of hydrogen-bond donors (Lipinski definition) is 2. The highest BCUT2D eigenvalue weighted by Gasteiger charge is 2.36. The van der Waals surface area contributed by atoms with E-state index in [4.69, 9.17) is 5.11 Å². The summed E-state index contributed by atoms with van der Waals surface area (Å²) in [7, 11) is -3.01. The van der Waals surface area contributed by atoms with Gasteiger partial charge in [-0.25, -0.2) is 13.2 Å². The van der Waals surface area contributed by atoms with Gasteiger partial charge in [0.2, 0.25) is 0 Å². The van der Waals surface area contributed by atoms with E-state index in [0.29, 0.717) is 13.0 Å². The Morgan fingerprint density at radius 3 is 2.47 bits per heavy atom. The molecule has 1 rings (SSSR count). The van der Waals surface area contributed by atoms with E-state index in [1.54, 1.807) is 6.92 Å². The number of likely N-dealkylation sites (tertiary alicyclic amines) is 1. The van der Waals surface area contributed by atoms with Gasteiger partial charge in [-0.3, -0.25) is 4.79 Å². The number of hydrogen-bond acceptors (Lipinski definition) is 4. The maximum absolute atomic E-state index is 11.8. The van der Waals surface area contributed by atoms with Crippen LogP contribution < -0.4 is 5.32 Å². The Balaban J connectivity index is 2.34. The molecule has 7 nitrogen and oxygen atoms in total. The number of amides is 2. The van der Waals surface area contributed by atoms with Gasteiger partial charge < -0.3 is 15.3 Å². The zero-order valence-electron chi connectivity index (χ0n) is 11.1. The first kappa shape index (κ1) is 15.7. The van der Waals surface area contributed by atoms with Crippen LogP contribution in [0.3, 0.4) is 0 Å². The number of nitrogens with one attached hydrogen (secondary N) is 1. The van der Waals surface area contributed by atoms with E-state index in [1.165, 1.54) is 4.90 Å². The molecule has 8 heteroatoms. The molecule has 1 heterocycles. The number of rotatable bonds is 5. The van der Waals surface area contributed by atoms with Crippen LogP contribution in [0.5, 0.6) is 0 Å². The molecule has 0 radical (unpaired) electrons. The first-order chi connectivity index (χ1) is 8.70. The summed E-state index contributed by atoms with van der Waals surface area (Å²) in [5.74, 6) is -1.46. The van der Waals surface area contributed by atoms with Gasteiger partial charge in [-0.05, 0) is 12.3 Å². The van der Waals surface area contributed by atoms with Crippen molar-refractivity contribution in [1.82, 2.24) is 10.2 Å². The first-order valence-corrected chi connectivity index (χ1v) is 8.20. The minimum absolute atomic E-state index is 0.0292. The lowest BCUT2D eigenvalue weighted by atomic mass is 9.99. The van der Waals surface area contributed by atoms with Gasteiger partial charge in [0.05, 0.1) is 11.7 Å². The average molecular weight is 292 g/mol. The maximum atomic E-state index is 11.8. The maximum Gasteiger partial charge on any atom is 0.317 e. The summed E-state index contributed by atoms with van der Waals surface area (Å²) in [6.45, 7) is 2.69. The van der Waals surface area contributed by atoms with E-state index in [2.05, 4.69) is 5.32 Å². The topological polar surface area (TPSA) is 104 Å². The third-order valence-electron chi connectivity index (χ3n) is 3.18. The van der Waals surface area contributed by atoms with Crippen molar-refractivity contribution < 1.29 is 23.1 Å². The van der Waals surface area contributed by atoms with E-state index in [9.17, 15) is 18.0 Å². The van der Waals surface area contributed by atoms with Crippen LogP contribution in [-0.4, -0.2) is 62.1 Å². The lowest BCUT2D eigenvalue weighted by molar-refractivity contribution is -0.142. The molecule has 0 aromatic heterocycles. The predicted octanol–water partition coefficient (Wildman–Crippen LogP) is -0.217. The number of sulfone groups is 1. The second-order valence-electron chi connectivity index (χ2n) is 5.04. The fraction of sp³-hybridized carbons (Fsp3) is 0.818. The summed E-state index contributed by atoms with van der Waals surface area (Å²) >= 11 is 0. The van der Waals surface area contributed by atoms with Crippen molar-refractivity contribution in [3.8, 4) is 0 Å². The van der Waals surface area contributed by atoms with Crippen molar-refractivity contribution in [3.63, 3.8) is 0 Å². The molecule has 0 aliphatic carbocycles. The van der Waals surface area contributed by atoms with Crippen molar-refractivity contribution in [2.45, 2.75) is 13.3 Å². The Labute approximate surface area is 112 Å². The Hall–Kier alpha value is -1.31. The number of urea groups is 1. The monoisotopic (exact) mass is 292 g/mol. The minimum atomic E-state index is -3.01. The molecule has 2 atom stereocenters. The summed E-state index contributed by atoms with van der Waals surface area (Å²) in [5, 5.41) is 11.6. The Morgan fingerprint density at radius 1 is 1.37 bits per heavy atom. The normalized spacial score (nSPS) is 23.4. The summed E-state index contributed by atoms with van der Waals surface area (Å²) in [4.78, 5) is 24.1. The van der Waals surface area contributed by atoms with Crippen LogP contribution in [0.4, 0.5) is 4.79 Å². The number of nitrogens with zero attached hydrogens (tertiary/aromatic N) is 1. The predicted molar refractivity (Wildman–Crippen MR) is 69.6 cm³/mol. The van der Waals surface area contributed by atoms with Crippen molar-refractivity contribution in [2.24, 2.45) is 11.8 Å². The molecular formula is C11H20N2O5S. The van der Waals surface area contributed by atoms with E-state index in [1.807, 2.05) is 0 Å². The lowest BCUT2D eigenvalue weighted by Gasteiger charge is -2.16. The van der Waals surface area contributed by atoms with Gasteiger partial charge in [-0.15, -0.1) is 0 Å². The van der Waals surface area contributed by atoms with Crippen molar-refractivity contribution in [1.29, 1.82) is 0 Å². The van der Waals surface area contributed by atoms with E-state index < -0.39 is 21.7 Å². The van der Waals surface area contributed by atoms with E-state index >= 15 is 0 Å². The smallest absolute Gasteiger partial charge is 0.317 e. The molecule has 110 valence electrons. The Bertz CT molecular complexity index is 448. The van der Waals surface area contributed by atoms with Gasteiger partial charge in [-0.1, -0.05) is 6.92 Å². The molecule has 1 fully saturated rings. The molecule has 0 bridgehead atoms. The molecule has 1 saturated heterocycles. The van der Waals surface area contributed by atoms with Gasteiger partial charge >= 0.3 is 12.0 Å². The molecule has 1 aliphatic rings. The number of carbonyl (C=O) groups excluding carboxylic acids is 1. The van der Waals surface area contributed by atoms with Crippen molar-refractivity contribution in [2.75, 3.05) is 31.6 Å². The lowest BCUT2D eigenvalue weighted by Crippen LogP contribution is -2.39. The quantitative estimate of drug-likeness (QED) is 0.682. The number of carboxylic acid groups (broad SMARTS) is 1. The molecule has 0 unspecified atom stereocenters. The highest BCUT2D eigenvalue weighted by molar-refractivity contribution is 7.90. The second kappa shape index (κ2) is 6.23. The largest absolute Gasteiger partial charge is 0.481 e. The molecule has 0 saturated carbocycles. The van der Waals surface area contributed by atoms with Crippen LogP contribution in [0.2, 0.25) is 0 Å². The third-order valence-corrected chi connectivity index (χ3v) is 4.22. The molecule has 0 spiro atoms. The fourth-order valence-corrected chi connectivity index (χ4v) is 2.76. The Morgan fingerprint density at radius 2 is 2.00 bits per heavy atom. The second-order valence-corrected chi connectivity index (χ2v) is 7.30. The van der Waals surface area contributed by atoms with E-state index in [-0.39, 0.29) is 30.8 Å². The van der Waals surface area contributed by atoms with Crippen molar-refractivity contribution >= 4 is 21.8 Å². The number of carboxylic acids is 1.